The third kappa shape index (κ3) is 5.03. The molecule has 0 atom stereocenters. The Morgan fingerprint density at radius 1 is 1.38 bits per heavy atom. The Morgan fingerprint density at radius 3 is 3.00 bits per heavy atom. The van der Waals surface area contributed by atoms with E-state index in [0.29, 0.717) is 18.7 Å². The van der Waals surface area contributed by atoms with Gasteiger partial charge in [0.2, 0.25) is 5.91 Å². The van der Waals surface area contributed by atoms with Crippen molar-refractivity contribution in [1.82, 2.24) is 5.32 Å². The molecule has 0 saturated heterocycles. The average Bonchev–Trinajstić information content (AvgIpc) is 2.91. The van der Waals surface area contributed by atoms with Crippen LogP contribution in [-0.4, -0.2) is 12.5 Å². The predicted molar refractivity (Wildman–Crippen MR) is 82.2 cm³/mol. The molecule has 5 heteroatoms. The largest absolute Gasteiger partial charge is 0.351 e. The smallest absolute Gasteiger partial charge is 0.224 e. The van der Waals surface area contributed by atoms with Crippen LogP contribution in [0.4, 0.5) is 4.39 Å². The predicted octanol–water partition coefficient (Wildman–Crippen LogP) is 2.06. The second-order valence-corrected chi connectivity index (χ2v) is 5.39. The minimum Gasteiger partial charge on any atom is -0.351 e. The van der Waals surface area contributed by atoms with E-state index in [2.05, 4.69) is 17.2 Å². The average molecular weight is 302 g/mol. The molecular weight excluding hydrogens is 287 g/mol. The van der Waals surface area contributed by atoms with E-state index in [4.69, 9.17) is 5.73 Å². The van der Waals surface area contributed by atoms with Crippen LogP contribution in [0.25, 0.3) is 0 Å². The van der Waals surface area contributed by atoms with Crippen molar-refractivity contribution in [2.24, 2.45) is 5.73 Å². The Morgan fingerprint density at radius 2 is 2.24 bits per heavy atom. The quantitative estimate of drug-likeness (QED) is 0.849. The summed E-state index contributed by atoms with van der Waals surface area (Å²) in [6.45, 7) is 0.776. The summed E-state index contributed by atoms with van der Waals surface area (Å²) in [4.78, 5) is 12.8. The highest BCUT2D eigenvalue weighted by molar-refractivity contribution is 7.10. The topological polar surface area (TPSA) is 55.1 Å². The van der Waals surface area contributed by atoms with E-state index in [0.717, 1.165) is 10.4 Å². The first-order valence-electron chi connectivity index (χ1n) is 6.45. The minimum atomic E-state index is -0.332. The fraction of sp³-hybridized carbons (Fsp3) is 0.188. The third-order valence-corrected chi connectivity index (χ3v) is 3.64. The van der Waals surface area contributed by atoms with E-state index in [1.54, 1.807) is 12.1 Å². The molecule has 0 unspecified atom stereocenters. The van der Waals surface area contributed by atoms with Gasteiger partial charge in [0.05, 0.1) is 19.5 Å². The lowest BCUT2D eigenvalue weighted by Crippen LogP contribution is -2.24. The van der Waals surface area contributed by atoms with Gasteiger partial charge in [-0.2, -0.15) is 0 Å². The van der Waals surface area contributed by atoms with Gasteiger partial charge in [-0.25, -0.2) is 4.39 Å². The van der Waals surface area contributed by atoms with Gasteiger partial charge in [0.15, 0.2) is 0 Å². The number of hydrogen-bond donors (Lipinski definition) is 2. The van der Waals surface area contributed by atoms with Gasteiger partial charge >= 0.3 is 0 Å². The highest BCUT2D eigenvalue weighted by Crippen LogP contribution is 2.13. The molecule has 0 fully saturated rings. The van der Waals surface area contributed by atoms with Crippen LogP contribution in [0.1, 0.15) is 16.0 Å². The Labute approximate surface area is 127 Å². The molecule has 1 heterocycles. The van der Waals surface area contributed by atoms with Crippen molar-refractivity contribution < 1.29 is 9.18 Å². The molecule has 0 bridgehead atoms. The molecule has 0 spiro atoms. The molecule has 2 aromatic rings. The molecular formula is C16H15FN2OS. The first kappa shape index (κ1) is 15.2. The van der Waals surface area contributed by atoms with Crippen LogP contribution < -0.4 is 11.1 Å². The number of thiophene rings is 1. The molecule has 0 radical (unpaired) electrons. The van der Waals surface area contributed by atoms with E-state index in [-0.39, 0.29) is 18.1 Å². The van der Waals surface area contributed by atoms with Gasteiger partial charge in [0.25, 0.3) is 0 Å². The summed E-state index contributed by atoms with van der Waals surface area (Å²) in [5, 5.41) is 4.74. The van der Waals surface area contributed by atoms with Crippen LogP contribution in [0.2, 0.25) is 0 Å². The number of halogens is 1. The maximum absolute atomic E-state index is 13.0. The molecule has 108 valence electrons. The van der Waals surface area contributed by atoms with Gasteiger partial charge in [-0.05, 0) is 23.8 Å². The molecule has 1 aromatic heterocycles. The van der Waals surface area contributed by atoms with E-state index < -0.39 is 0 Å². The highest BCUT2D eigenvalue weighted by Gasteiger charge is 2.05. The Bertz CT molecular complexity index is 685. The number of benzene rings is 1. The lowest BCUT2D eigenvalue weighted by atomic mass is 10.1. The van der Waals surface area contributed by atoms with Crippen LogP contribution >= 0.6 is 11.3 Å². The highest BCUT2D eigenvalue weighted by atomic mass is 32.1. The van der Waals surface area contributed by atoms with Gasteiger partial charge in [0.1, 0.15) is 5.82 Å². The minimum absolute atomic E-state index is 0.136. The zero-order valence-electron chi connectivity index (χ0n) is 11.4. The van der Waals surface area contributed by atoms with Crippen LogP contribution in [0.3, 0.4) is 0 Å². The first-order chi connectivity index (χ1) is 10.2. The molecule has 0 saturated carbocycles. The fourth-order valence-electron chi connectivity index (χ4n) is 1.77. The lowest BCUT2D eigenvalue weighted by Gasteiger charge is -2.03. The monoisotopic (exact) mass is 302 g/mol. The number of hydrogen-bond acceptors (Lipinski definition) is 3. The molecule has 3 N–H and O–H groups in total. The van der Waals surface area contributed by atoms with Gasteiger partial charge in [0, 0.05) is 15.8 Å². The first-order valence-corrected chi connectivity index (χ1v) is 7.33. The van der Waals surface area contributed by atoms with Gasteiger partial charge in [-0.3, -0.25) is 4.79 Å². The van der Waals surface area contributed by atoms with Crippen LogP contribution in [0, 0.1) is 17.7 Å². The Balaban J connectivity index is 1.85. The second-order valence-electron chi connectivity index (χ2n) is 4.39. The maximum Gasteiger partial charge on any atom is 0.224 e. The summed E-state index contributed by atoms with van der Waals surface area (Å²) in [6, 6.07) is 7.98. The summed E-state index contributed by atoms with van der Waals surface area (Å²) >= 11 is 1.53. The Hall–Kier alpha value is -2.16. The standard InChI is InChI=1S/C16H15FN2OS/c17-14-5-1-3-12(7-14)9-16(20)19-10-15-8-13(11-21-15)4-2-6-18/h1,3,5,7-8,11H,6,9-10,18H2,(H,19,20). The third-order valence-electron chi connectivity index (χ3n) is 2.70. The summed E-state index contributed by atoms with van der Waals surface area (Å²) in [6.07, 6.45) is 0.170. The molecule has 21 heavy (non-hydrogen) atoms. The van der Waals surface area contributed by atoms with Gasteiger partial charge in [-0.1, -0.05) is 24.0 Å². The molecule has 0 aliphatic carbocycles. The number of carbonyl (C=O) groups excluding carboxylic acids is 1. The number of amides is 1. The normalized spacial score (nSPS) is 9.81. The van der Waals surface area contributed by atoms with Crippen LogP contribution in [-0.2, 0) is 17.8 Å². The van der Waals surface area contributed by atoms with E-state index in [1.165, 1.54) is 23.5 Å². The van der Waals surface area contributed by atoms with E-state index in [9.17, 15) is 9.18 Å². The van der Waals surface area contributed by atoms with E-state index in [1.807, 2.05) is 11.4 Å². The summed E-state index contributed by atoms with van der Waals surface area (Å²) < 4.78 is 13.0. The number of carbonyl (C=O) groups is 1. The SMILES string of the molecule is NCC#Cc1csc(CNC(=O)Cc2cccc(F)c2)c1. The second kappa shape index (κ2) is 7.58. The maximum atomic E-state index is 13.0. The van der Waals surface area contributed by atoms with Crippen molar-refractivity contribution in [2.45, 2.75) is 13.0 Å². The lowest BCUT2D eigenvalue weighted by molar-refractivity contribution is -0.120. The fourth-order valence-corrected chi connectivity index (χ4v) is 2.53. The Kier molecular flexibility index (Phi) is 5.50. The molecule has 0 aliphatic rings. The molecule has 0 aliphatic heterocycles. The van der Waals surface area contributed by atoms with Gasteiger partial charge in [-0.15, -0.1) is 11.3 Å². The molecule has 2 rings (SSSR count). The number of rotatable bonds is 4. The molecule has 1 amide bonds. The number of nitrogens with two attached hydrogens (primary N) is 1. The van der Waals surface area contributed by atoms with Crippen molar-refractivity contribution in [1.29, 1.82) is 0 Å². The van der Waals surface area contributed by atoms with Crippen molar-refractivity contribution in [2.75, 3.05) is 6.54 Å². The number of nitrogens with one attached hydrogen (secondary N) is 1. The van der Waals surface area contributed by atoms with E-state index >= 15 is 0 Å². The summed E-state index contributed by atoms with van der Waals surface area (Å²) in [7, 11) is 0. The van der Waals surface area contributed by atoms with Gasteiger partial charge < -0.3 is 11.1 Å². The van der Waals surface area contributed by atoms with Crippen LogP contribution in [0.15, 0.2) is 35.7 Å². The van der Waals surface area contributed by atoms with Crippen molar-refractivity contribution in [3.63, 3.8) is 0 Å². The van der Waals surface area contributed by atoms with Crippen LogP contribution in [0.5, 0.6) is 0 Å². The zero-order chi connectivity index (χ0) is 15.1. The van der Waals surface area contributed by atoms with Crippen molar-refractivity contribution in [3.8, 4) is 11.8 Å². The van der Waals surface area contributed by atoms with Crippen molar-refractivity contribution in [3.05, 3.63) is 57.5 Å². The summed E-state index contributed by atoms with van der Waals surface area (Å²) in [5.74, 6) is 5.25. The molecule has 1 aromatic carbocycles. The molecule has 3 nitrogen and oxygen atoms in total. The van der Waals surface area contributed by atoms with Crippen molar-refractivity contribution >= 4 is 17.2 Å². The summed E-state index contributed by atoms with van der Waals surface area (Å²) in [5.41, 5.74) is 6.87. The zero-order valence-corrected chi connectivity index (χ0v) is 12.2.